The lowest BCUT2D eigenvalue weighted by Gasteiger charge is -2.44. The van der Waals surface area contributed by atoms with Crippen LogP contribution in [0.1, 0.15) is 84.6 Å². The lowest BCUT2D eigenvalue weighted by atomic mass is 9.96. The van der Waals surface area contributed by atoms with Crippen LogP contribution >= 0.6 is 0 Å². The van der Waals surface area contributed by atoms with Crippen LogP contribution < -0.4 is 21.3 Å². The minimum absolute atomic E-state index is 0.188. The Balaban J connectivity index is 1.88. The number of rotatable bonds is 24. The normalized spacial score (nSPS) is 19.7. The van der Waals surface area contributed by atoms with Crippen LogP contribution in [0.15, 0.2) is 43.0 Å². The first-order valence-electron chi connectivity index (χ1n) is 18.3. The fraction of sp³-hybridized carbons (Fsp3) is 0.605. The number of unbranched alkanes of at least 4 members (excludes halogenated alkanes) is 5. The van der Waals surface area contributed by atoms with E-state index in [2.05, 4.69) is 27.8 Å². The average Bonchev–Trinajstić information content (AvgIpc) is 3.11. The van der Waals surface area contributed by atoms with Crippen LogP contribution in [0, 0.1) is 0 Å². The number of benzene rings is 1. The Labute approximate surface area is 316 Å². The fourth-order valence-electron chi connectivity index (χ4n) is 5.74. The van der Waals surface area contributed by atoms with Crippen LogP contribution in [0.25, 0.3) is 0 Å². The second-order valence-corrected chi connectivity index (χ2v) is 12.9. The highest BCUT2D eigenvalue weighted by Crippen LogP contribution is 2.28. The van der Waals surface area contributed by atoms with Gasteiger partial charge in [-0.3, -0.25) is 33.6 Å². The number of esters is 3. The molecule has 0 aliphatic carbocycles. The van der Waals surface area contributed by atoms with Crippen LogP contribution in [0.2, 0.25) is 0 Å². The van der Waals surface area contributed by atoms with E-state index in [1.54, 1.807) is 0 Å². The number of carbonyl (C=O) groups excluding carboxylic acids is 7. The first-order chi connectivity index (χ1) is 25.8. The second-order valence-electron chi connectivity index (χ2n) is 12.9. The van der Waals surface area contributed by atoms with Crippen LogP contribution in [0.5, 0.6) is 0 Å². The van der Waals surface area contributed by atoms with Crippen molar-refractivity contribution in [1.29, 1.82) is 0 Å². The zero-order chi connectivity index (χ0) is 39.9. The van der Waals surface area contributed by atoms with Crippen LogP contribution in [-0.2, 0) is 63.7 Å². The third-order valence-electron chi connectivity index (χ3n) is 8.22. The van der Waals surface area contributed by atoms with Crippen molar-refractivity contribution in [3.05, 3.63) is 48.6 Å². The van der Waals surface area contributed by atoms with Crippen molar-refractivity contribution in [2.45, 2.75) is 122 Å². The average molecular weight is 761 g/mol. The van der Waals surface area contributed by atoms with E-state index < -0.39 is 60.5 Å². The summed E-state index contributed by atoms with van der Waals surface area (Å²) in [7, 11) is 0. The summed E-state index contributed by atoms with van der Waals surface area (Å²) in [6.07, 6.45) is 2.02. The minimum Gasteiger partial charge on any atom is -0.463 e. The van der Waals surface area contributed by atoms with E-state index in [1.165, 1.54) is 26.8 Å². The minimum atomic E-state index is -1.20. The summed E-state index contributed by atoms with van der Waals surface area (Å²) in [5.41, 5.74) is 0.914. The van der Waals surface area contributed by atoms with Gasteiger partial charge in [-0.15, -0.1) is 0 Å². The highest BCUT2D eigenvalue weighted by molar-refractivity contribution is 5.88. The van der Waals surface area contributed by atoms with E-state index in [4.69, 9.17) is 23.7 Å². The van der Waals surface area contributed by atoms with Gasteiger partial charge in [0.1, 0.15) is 24.8 Å². The molecule has 1 fully saturated rings. The van der Waals surface area contributed by atoms with Gasteiger partial charge in [0.25, 0.3) is 0 Å². The molecule has 54 heavy (non-hydrogen) atoms. The van der Waals surface area contributed by atoms with Crippen molar-refractivity contribution in [3.8, 4) is 0 Å². The summed E-state index contributed by atoms with van der Waals surface area (Å²) >= 11 is 0. The third kappa shape index (κ3) is 18.3. The molecular formula is C38H56N4O12. The molecule has 1 aliphatic heterocycles. The van der Waals surface area contributed by atoms with E-state index in [0.29, 0.717) is 38.8 Å². The molecule has 0 saturated carbocycles. The van der Waals surface area contributed by atoms with Gasteiger partial charge in [-0.05, 0) is 37.3 Å². The van der Waals surface area contributed by atoms with Crippen molar-refractivity contribution in [2.75, 3.05) is 26.3 Å². The Morgan fingerprint density at radius 2 is 1.43 bits per heavy atom. The summed E-state index contributed by atoms with van der Waals surface area (Å²) in [6, 6.07) is 7.65. The molecule has 16 nitrogen and oxygen atoms in total. The van der Waals surface area contributed by atoms with E-state index in [9.17, 15) is 33.6 Å². The zero-order valence-corrected chi connectivity index (χ0v) is 31.7. The van der Waals surface area contributed by atoms with Gasteiger partial charge in [0, 0.05) is 60.2 Å². The second kappa shape index (κ2) is 25.2. The molecule has 4 N–H and O–H groups in total. The molecule has 6 atom stereocenters. The summed E-state index contributed by atoms with van der Waals surface area (Å²) in [4.78, 5) is 84.8. The van der Waals surface area contributed by atoms with Crippen molar-refractivity contribution in [3.63, 3.8) is 0 Å². The first-order valence-corrected chi connectivity index (χ1v) is 18.3. The van der Waals surface area contributed by atoms with Crippen LogP contribution in [0.4, 0.5) is 0 Å². The molecule has 1 aromatic carbocycles. The number of hydrogen-bond donors (Lipinski definition) is 4. The smallest absolute Gasteiger partial charge is 0.303 e. The van der Waals surface area contributed by atoms with Crippen molar-refractivity contribution < 1.29 is 57.2 Å². The molecule has 1 saturated heterocycles. The summed E-state index contributed by atoms with van der Waals surface area (Å²) in [5.74, 6) is -3.19. The number of nitrogens with one attached hydrogen (secondary N) is 4. The largest absolute Gasteiger partial charge is 0.463 e. The van der Waals surface area contributed by atoms with Gasteiger partial charge in [0.05, 0.1) is 0 Å². The fourth-order valence-corrected chi connectivity index (χ4v) is 5.74. The Hall–Kier alpha value is -4.83. The quantitative estimate of drug-likeness (QED) is 0.0515. The highest BCUT2D eigenvalue weighted by atomic mass is 16.7. The number of carbonyl (C=O) groups is 7. The van der Waals surface area contributed by atoms with E-state index in [1.807, 2.05) is 30.3 Å². The van der Waals surface area contributed by atoms with Gasteiger partial charge < -0.3 is 45.0 Å². The molecule has 0 radical (unpaired) electrons. The molecule has 1 aliphatic rings. The van der Waals surface area contributed by atoms with Gasteiger partial charge in [0.15, 0.2) is 18.5 Å². The third-order valence-corrected chi connectivity index (χ3v) is 8.22. The van der Waals surface area contributed by atoms with E-state index in [-0.39, 0.29) is 37.4 Å². The van der Waals surface area contributed by atoms with Gasteiger partial charge in [-0.25, -0.2) is 0 Å². The lowest BCUT2D eigenvalue weighted by molar-refractivity contribution is -0.277. The summed E-state index contributed by atoms with van der Waals surface area (Å²) < 4.78 is 28.0. The molecule has 2 rings (SSSR count). The Morgan fingerprint density at radius 3 is 2.06 bits per heavy atom. The number of ether oxygens (including phenoxy) is 5. The molecule has 16 heteroatoms. The van der Waals surface area contributed by atoms with E-state index in [0.717, 1.165) is 38.2 Å². The lowest BCUT2D eigenvalue weighted by Crippen LogP contribution is -2.66. The Bertz CT molecular complexity index is 1390. The predicted molar refractivity (Wildman–Crippen MR) is 195 cm³/mol. The monoisotopic (exact) mass is 760 g/mol. The van der Waals surface area contributed by atoms with Crippen molar-refractivity contribution >= 4 is 41.5 Å². The van der Waals surface area contributed by atoms with Crippen molar-refractivity contribution in [1.82, 2.24) is 21.3 Å². The maximum Gasteiger partial charge on any atom is 0.303 e. The van der Waals surface area contributed by atoms with Crippen LogP contribution in [0.3, 0.4) is 0 Å². The maximum absolute atomic E-state index is 13.2. The molecule has 300 valence electrons. The standard InChI is InChI=1S/C38H56N4O12/c1-6-32(47)39-20-15-10-13-19-33(48)42-30(23-29-17-11-9-12-18-29)37(49)40-21-14-7-8-16-22-50-38-34(41-25(2)43)36(53-28(5)46)35(52-27(4)45)31(54-38)24-51-26(3)44/h6,9,11-12,17-18,30-31,34-36,38H,1,7-8,10,13-16,19-24H2,2-5H3,(H,39,47)(H,40,49)(H,41,43)(H,42,48)/t30-,31?,34?,35-,36+,38+/m0/s1. The van der Waals surface area contributed by atoms with Gasteiger partial charge in [-0.1, -0.05) is 56.2 Å². The Kier molecular flexibility index (Phi) is 21.2. The van der Waals surface area contributed by atoms with Crippen molar-refractivity contribution in [2.24, 2.45) is 0 Å². The van der Waals surface area contributed by atoms with Gasteiger partial charge >= 0.3 is 17.9 Å². The van der Waals surface area contributed by atoms with Crippen LogP contribution in [-0.4, -0.2) is 105 Å². The molecule has 2 unspecified atom stereocenters. The number of amides is 4. The summed E-state index contributed by atoms with van der Waals surface area (Å²) in [6.45, 7) is 8.98. The molecule has 1 aromatic rings. The molecule has 0 aromatic heterocycles. The molecule has 0 spiro atoms. The van der Waals surface area contributed by atoms with E-state index >= 15 is 0 Å². The molecule has 0 bridgehead atoms. The number of hydrogen-bond acceptors (Lipinski definition) is 12. The summed E-state index contributed by atoms with van der Waals surface area (Å²) in [5, 5.41) is 11.2. The first kappa shape index (κ1) is 45.3. The molecule has 4 amide bonds. The topological polar surface area (TPSA) is 214 Å². The highest BCUT2D eigenvalue weighted by Gasteiger charge is 2.51. The zero-order valence-electron chi connectivity index (χ0n) is 31.7. The molecular weight excluding hydrogens is 704 g/mol. The van der Waals surface area contributed by atoms with Gasteiger partial charge in [0.2, 0.25) is 23.6 Å². The Morgan fingerprint density at radius 1 is 0.796 bits per heavy atom. The van der Waals surface area contributed by atoms with Gasteiger partial charge in [-0.2, -0.15) is 0 Å². The predicted octanol–water partition coefficient (Wildman–Crippen LogP) is 1.93. The SMILES string of the molecule is C=CC(=O)NCCCCCC(=O)N[C@@H](Cc1ccccc1)C(=O)NCCCCCCO[C@@H]1OC(COC(C)=O)[C@H](OC(C)=O)[C@H](OC(C)=O)C1NC(C)=O. The maximum atomic E-state index is 13.2. The molecule has 1 heterocycles.